The van der Waals surface area contributed by atoms with Crippen molar-refractivity contribution >= 4 is 6.09 Å². The van der Waals surface area contributed by atoms with Gasteiger partial charge in [-0.1, -0.05) is 32.3 Å². The molecule has 1 aromatic carbocycles. The molecule has 1 fully saturated rings. The van der Waals surface area contributed by atoms with Gasteiger partial charge in [-0.2, -0.15) is 0 Å². The molecule has 3 rings (SSSR count). The summed E-state index contributed by atoms with van der Waals surface area (Å²) < 4.78 is 26.7. The Bertz CT molecular complexity index is 761. The van der Waals surface area contributed by atoms with E-state index in [1.807, 2.05) is 12.1 Å². The number of ether oxygens (including phenoxy) is 5. The second kappa shape index (κ2) is 14.0. The largest absolute Gasteiger partial charge is 0.412 e. The molecule has 8 heteroatoms. The highest BCUT2D eigenvalue weighted by Gasteiger charge is 2.43. The number of nitrogens with one attached hydrogen (secondary N) is 1. The molecule has 192 valence electrons. The van der Waals surface area contributed by atoms with E-state index in [1.165, 1.54) is 36.8 Å². The molecule has 34 heavy (non-hydrogen) atoms. The molecule has 0 aromatic heterocycles. The first-order valence-corrected chi connectivity index (χ1v) is 12.6. The molecule has 3 N–H and O–H groups in total. The van der Waals surface area contributed by atoms with Crippen molar-refractivity contribution in [2.24, 2.45) is 11.7 Å². The van der Waals surface area contributed by atoms with Gasteiger partial charge in [0.05, 0.1) is 46.2 Å². The smallest absolute Gasteiger partial charge is 0.410 e. The van der Waals surface area contributed by atoms with Crippen molar-refractivity contribution in [2.45, 2.75) is 56.9 Å². The molecule has 3 atom stereocenters. The third-order valence-corrected chi connectivity index (χ3v) is 7.10. The first-order chi connectivity index (χ1) is 16.5. The first kappa shape index (κ1) is 26.9. The molecule has 0 radical (unpaired) electrons. The number of hydrogen-bond donors (Lipinski definition) is 2. The van der Waals surface area contributed by atoms with Gasteiger partial charge in [-0.05, 0) is 48.4 Å². The molecular formula is C26H42N2O6. The summed E-state index contributed by atoms with van der Waals surface area (Å²) >= 11 is 0. The number of nitrogens with two attached hydrogens (primary N) is 1. The Morgan fingerprint density at radius 2 is 1.74 bits per heavy atom. The summed E-state index contributed by atoms with van der Waals surface area (Å²) in [6, 6.07) is 6.18. The number of hydrogen-bond acceptors (Lipinski definition) is 7. The highest BCUT2D eigenvalue weighted by Crippen LogP contribution is 2.46. The van der Waals surface area contributed by atoms with Gasteiger partial charge in [0, 0.05) is 25.1 Å². The second-order valence-corrected chi connectivity index (χ2v) is 9.47. The average Bonchev–Trinajstić information content (AvgIpc) is 2.83. The minimum absolute atomic E-state index is 0.0690. The van der Waals surface area contributed by atoms with Gasteiger partial charge in [0.2, 0.25) is 0 Å². The summed E-state index contributed by atoms with van der Waals surface area (Å²) in [6.45, 7) is 6.18. The Morgan fingerprint density at radius 3 is 2.47 bits per heavy atom. The number of rotatable bonds is 13. The van der Waals surface area contributed by atoms with Crippen LogP contribution in [0, 0.1) is 5.92 Å². The fourth-order valence-corrected chi connectivity index (χ4v) is 5.15. The Hall–Kier alpha value is -1.71. The van der Waals surface area contributed by atoms with Gasteiger partial charge in [-0.25, -0.2) is 4.79 Å². The lowest BCUT2D eigenvalue weighted by atomic mass is 9.60. The summed E-state index contributed by atoms with van der Waals surface area (Å²) in [4.78, 5) is 12.3. The van der Waals surface area contributed by atoms with E-state index in [-0.39, 0.29) is 11.5 Å². The standard InChI is InChI=1S/C26H42N2O6/c1-26-9-5-3-4-6-21(24(26)27)18-20-7-8-22(19-23(20)26)34-25(29)28-10-11-31-14-15-33-17-16-32-13-12-30-2/h7-8,19,21,24H,3-6,9-18,27H2,1-2H3,(H,28,29)/t21-,24-,26+/m0/s1. The monoisotopic (exact) mass is 478 g/mol. The van der Waals surface area contributed by atoms with Crippen LogP contribution in [0.25, 0.3) is 0 Å². The highest BCUT2D eigenvalue weighted by atomic mass is 16.6. The first-order valence-electron chi connectivity index (χ1n) is 12.6. The Morgan fingerprint density at radius 1 is 1.03 bits per heavy atom. The lowest BCUT2D eigenvalue weighted by Crippen LogP contribution is -2.52. The third-order valence-electron chi connectivity index (χ3n) is 7.10. The van der Waals surface area contributed by atoms with Crippen molar-refractivity contribution in [1.82, 2.24) is 5.32 Å². The summed E-state index contributed by atoms with van der Waals surface area (Å²) in [7, 11) is 1.64. The number of amides is 1. The van der Waals surface area contributed by atoms with Gasteiger partial charge in [-0.3, -0.25) is 0 Å². The topological polar surface area (TPSA) is 101 Å². The average molecular weight is 479 g/mol. The molecule has 0 heterocycles. The van der Waals surface area contributed by atoms with Crippen molar-refractivity contribution < 1.29 is 28.5 Å². The third kappa shape index (κ3) is 7.65. The van der Waals surface area contributed by atoms with Crippen LogP contribution in [0.15, 0.2) is 18.2 Å². The van der Waals surface area contributed by atoms with Gasteiger partial charge >= 0.3 is 6.09 Å². The quantitative estimate of drug-likeness (QED) is 0.420. The summed E-state index contributed by atoms with van der Waals surface area (Å²) in [6.07, 6.45) is 6.55. The number of benzene rings is 1. The van der Waals surface area contributed by atoms with Gasteiger partial charge in [0.15, 0.2) is 0 Å². The van der Waals surface area contributed by atoms with Crippen LogP contribution >= 0.6 is 0 Å². The molecule has 0 spiro atoms. The fraction of sp³-hybridized carbons (Fsp3) is 0.731. The molecule has 0 saturated heterocycles. The summed E-state index contributed by atoms with van der Waals surface area (Å²) in [5.74, 6) is 1.10. The summed E-state index contributed by atoms with van der Waals surface area (Å²) in [5, 5.41) is 2.74. The molecule has 0 unspecified atom stereocenters. The van der Waals surface area contributed by atoms with Gasteiger partial charge in [-0.15, -0.1) is 0 Å². The van der Waals surface area contributed by atoms with Crippen LogP contribution in [0.3, 0.4) is 0 Å². The maximum atomic E-state index is 12.3. The molecule has 2 aliphatic carbocycles. The van der Waals surface area contributed by atoms with Crippen molar-refractivity contribution in [1.29, 1.82) is 0 Å². The second-order valence-electron chi connectivity index (χ2n) is 9.47. The minimum Gasteiger partial charge on any atom is -0.410 e. The van der Waals surface area contributed by atoms with Crippen LogP contribution in [0.4, 0.5) is 4.79 Å². The molecule has 0 aliphatic heterocycles. The molecule has 2 bridgehead atoms. The Kier molecular flexibility index (Phi) is 11.1. The van der Waals surface area contributed by atoms with E-state index in [9.17, 15) is 4.79 Å². The molecule has 1 saturated carbocycles. The van der Waals surface area contributed by atoms with E-state index in [0.29, 0.717) is 64.5 Å². The van der Waals surface area contributed by atoms with E-state index in [4.69, 9.17) is 29.4 Å². The predicted molar refractivity (Wildman–Crippen MR) is 130 cm³/mol. The molecule has 1 aromatic rings. The zero-order valence-corrected chi connectivity index (χ0v) is 20.8. The minimum atomic E-state index is -0.478. The normalized spacial score (nSPS) is 24.1. The maximum absolute atomic E-state index is 12.3. The Balaban J connectivity index is 1.36. The van der Waals surface area contributed by atoms with Crippen LogP contribution in [0.1, 0.15) is 50.2 Å². The fourth-order valence-electron chi connectivity index (χ4n) is 5.15. The van der Waals surface area contributed by atoms with E-state index in [0.717, 1.165) is 12.8 Å². The van der Waals surface area contributed by atoms with E-state index >= 15 is 0 Å². The van der Waals surface area contributed by atoms with Gasteiger partial charge in [0.1, 0.15) is 5.75 Å². The van der Waals surface area contributed by atoms with Crippen molar-refractivity contribution in [3.05, 3.63) is 29.3 Å². The highest BCUT2D eigenvalue weighted by molar-refractivity contribution is 5.70. The number of carbonyl (C=O) groups excluding carboxylic acids is 1. The van der Waals surface area contributed by atoms with Crippen molar-refractivity contribution in [3.63, 3.8) is 0 Å². The SMILES string of the molecule is COCCOCCOCCOCCNC(=O)Oc1ccc2c(c1)[C@@]1(C)CCCCC[C@@H](C2)[C@@H]1N. The van der Waals surface area contributed by atoms with Crippen molar-refractivity contribution in [3.8, 4) is 5.75 Å². The predicted octanol–water partition coefficient (Wildman–Crippen LogP) is 3.19. The zero-order valence-electron chi connectivity index (χ0n) is 20.8. The van der Waals surface area contributed by atoms with Crippen LogP contribution in [0.2, 0.25) is 0 Å². The van der Waals surface area contributed by atoms with Crippen LogP contribution in [-0.4, -0.2) is 72.0 Å². The lowest BCUT2D eigenvalue weighted by Gasteiger charge is -2.47. The Labute approximate surface area is 203 Å². The van der Waals surface area contributed by atoms with Gasteiger partial charge < -0.3 is 34.7 Å². The van der Waals surface area contributed by atoms with Crippen LogP contribution in [-0.2, 0) is 30.8 Å². The van der Waals surface area contributed by atoms with E-state index in [2.05, 4.69) is 18.3 Å². The van der Waals surface area contributed by atoms with Crippen LogP contribution in [0.5, 0.6) is 5.75 Å². The number of methoxy groups -OCH3 is 1. The summed E-state index contributed by atoms with van der Waals surface area (Å²) in [5.41, 5.74) is 9.28. The number of fused-ring (bicyclic) bond motifs is 4. The van der Waals surface area contributed by atoms with Crippen LogP contribution < -0.4 is 15.8 Å². The van der Waals surface area contributed by atoms with Crippen molar-refractivity contribution in [2.75, 3.05) is 59.9 Å². The number of carbonyl (C=O) groups is 1. The molecule has 2 aliphatic rings. The van der Waals surface area contributed by atoms with E-state index < -0.39 is 6.09 Å². The van der Waals surface area contributed by atoms with Gasteiger partial charge in [0.25, 0.3) is 0 Å². The zero-order chi connectivity index (χ0) is 24.2. The lowest BCUT2D eigenvalue weighted by molar-refractivity contribution is 0.00419. The maximum Gasteiger partial charge on any atom is 0.412 e. The molecular weight excluding hydrogens is 436 g/mol. The molecule has 8 nitrogen and oxygen atoms in total. The molecule has 1 amide bonds. The van der Waals surface area contributed by atoms with E-state index in [1.54, 1.807) is 7.11 Å².